The molecule has 1 fully saturated rings. The second-order valence-corrected chi connectivity index (χ2v) is 8.80. The number of halogens is 1. The molecule has 3 aromatic carbocycles. The normalized spacial score (nSPS) is 14.4. The van der Waals surface area contributed by atoms with Crippen LogP contribution in [0.3, 0.4) is 0 Å². The molecule has 1 heterocycles. The molecule has 0 spiro atoms. The maximum Gasteiger partial charge on any atom is 0.293 e. The number of nitro groups is 1. The van der Waals surface area contributed by atoms with Crippen LogP contribution >= 0.6 is 23.4 Å². The van der Waals surface area contributed by atoms with E-state index in [0.29, 0.717) is 27.6 Å². The molecule has 1 saturated heterocycles. The van der Waals surface area contributed by atoms with Gasteiger partial charge in [-0.2, -0.15) is 0 Å². The summed E-state index contributed by atoms with van der Waals surface area (Å²) in [4.78, 5) is 36.9. The number of hydrogen-bond acceptors (Lipinski definition) is 7. The van der Waals surface area contributed by atoms with Gasteiger partial charge >= 0.3 is 0 Å². The average molecular weight is 511 g/mol. The lowest BCUT2D eigenvalue weighted by molar-refractivity contribution is -0.384. The number of para-hydroxylation sites is 1. The number of hydrogen-bond donors (Lipinski definition) is 0. The van der Waals surface area contributed by atoms with E-state index >= 15 is 0 Å². The van der Waals surface area contributed by atoms with Crippen LogP contribution in [-0.4, -0.2) is 34.1 Å². The number of nitrogens with zero attached hydrogens (tertiary/aromatic N) is 2. The van der Waals surface area contributed by atoms with Crippen LogP contribution in [0.4, 0.5) is 10.5 Å². The van der Waals surface area contributed by atoms with Gasteiger partial charge in [-0.15, -0.1) is 0 Å². The van der Waals surface area contributed by atoms with Crippen molar-refractivity contribution in [2.24, 2.45) is 0 Å². The molecule has 35 heavy (non-hydrogen) atoms. The lowest BCUT2D eigenvalue weighted by Gasteiger charge is -2.13. The van der Waals surface area contributed by atoms with E-state index in [1.165, 1.54) is 12.1 Å². The lowest BCUT2D eigenvalue weighted by atomic mass is 10.2. The Morgan fingerprint density at radius 3 is 2.54 bits per heavy atom. The van der Waals surface area contributed by atoms with Crippen molar-refractivity contribution in [1.29, 1.82) is 0 Å². The van der Waals surface area contributed by atoms with Gasteiger partial charge in [-0.1, -0.05) is 48.0 Å². The first-order chi connectivity index (χ1) is 16.9. The van der Waals surface area contributed by atoms with E-state index in [4.69, 9.17) is 21.1 Å². The molecule has 4 rings (SSSR count). The van der Waals surface area contributed by atoms with Crippen LogP contribution in [0.15, 0.2) is 77.7 Å². The van der Waals surface area contributed by atoms with Gasteiger partial charge in [0, 0.05) is 12.1 Å². The topological polar surface area (TPSA) is 99.0 Å². The zero-order chi connectivity index (χ0) is 24.8. The maximum absolute atomic E-state index is 12.7. The number of carbonyl (C=O) groups is 2. The highest BCUT2D eigenvalue weighted by atomic mass is 35.5. The summed E-state index contributed by atoms with van der Waals surface area (Å²) >= 11 is 7.19. The van der Waals surface area contributed by atoms with E-state index in [1.54, 1.807) is 48.5 Å². The van der Waals surface area contributed by atoms with Crippen molar-refractivity contribution in [3.05, 3.63) is 104 Å². The highest BCUT2D eigenvalue weighted by Gasteiger charge is 2.34. The summed E-state index contributed by atoms with van der Waals surface area (Å²) in [5, 5.41) is 10.9. The number of carbonyl (C=O) groups excluding carboxylic acids is 2. The molecule has 1 aliphatic heterocycles. The summed E-state index contributed by atoms with van der Waals surface area (Å²) in [5.74, 6) is 0.665. The number of nitro benzene ring substituents is 1. The summed E-state index contributed by atoms with van der Waals surface area (Å²) in [6.45, 7) is 0.435. The fourth-order valence-electron chi connectivity index (χ4n) is 3.26. The first-order valence-corrected chi connectivity index (χ1v) is 11.7. The van der Waals surface area contributed by atoms with Crippen LogP contribution in [0, 0.1) is 10.1 Å². The lowest BCUT2D eigenvalue weighted by Crippen LogP contribution is -2.32. The van der Waals surface area contributed by atoms with Gasteiger partial charge < -0.3 is 9.47 Å². The Hall–Kier alpha value is -3.82. The molecule has 10 heteroatoms. The summed E-state index contributed by atoms with van der Waals surface area (Å²) in [5.41, 5.74) is 1.24. The molecule has 0 unspecified atom stereocenters. The predicted octanol–water partition coefficient (Wildman–Crippen LogP) is 5.94. The van der Waals surface area contributed by atoms with Crippen LogP contribution in [-0.2, 0) is 11.4 Å². The quantitative estimate of drug-likeness (QED) is 0.199. The number of imide groups is 1. The summed E-state index contributed by atoms with van der Waals surface area (Å²) in [6, 6.07) is 20.3. The van der Waals surface area contributed by atoms with Crippen molar-refractivity contribution in [2.45, 2.75) is 6.61 Å². The molecule has 178 valence electrons. The van der Waals surface area contributed by atoms with E-state index in [-0.39, 0.29) is 35.6 Å². The van der Waals surface area contributed by atoms with E-state index in [1.807, 2.05) is 18.2 Å². The van der Waals surface area contributed by atoms with Crippen molar-refractivity contribution in [1.82, 2.24) is 4.90 Å². The van der Waals surface area contributed by atoms with Crippen molar-refractivity contribution >= 4 is 46.3 Å². The number of amides is 2. The molecule has 8 nitrogen and oxygen atoms in total. The van der Waals surface area contributed by atoms with Gasteiger partial charge in [0.25, 0.3) is 16.8 Å². The molecule has 1 aliphatic rings. The third kappa shape index (κ3) is 6.20. The van der Waals surface area contributed by atoms with E-state index in [9.17, 15) is 19.7 Å². The first-order valence-electron chi connectivity index (χ1n) is 10.5. The summed E-state index contributed by atoms with van der Waals surface area (Å²) < 4.78 is 11.3. The Morgan fingerprint density at radius 1 is 1.00 bits per heavy atom. The average Bonchev–Trinajstić information content (AvgIpc) is 3.11. The fourth-order valence-corrected chi connectivity index (χ4v) is 4.37. The molecule has 0 N–H and O–H groups in total. The third-order valence-electron chi connectivity index (χ3n) is 4.97. The Kier molecular flexibility index (Phi) is 7.69. The number of non-ortho nitro benzene ring substituents is 1. The van der Waals surface area contributed by atoms with Gasteiger partial charge in [0.1, 0.15) is 24.7 Å². The SMILES string of the molecule is O=C1S/C(=C\c2ccc(OCc3cccc([N+](=O)[O-])c3)c(Cl)c2)C(=O)N1CCOc1ccccc1. The number of benzene rings is 3. The van der Waals surface area contributed by atoms with Crippen LogP contribution in [0.2, 0.25) is 5.02 Å². The van der Waals surface area contributed by atoms with Gasteiger partial charge in [0.15, 0.2) is 0 Å². The summed E-state index contributed by atoms with van der Waals surface area (Å²) in [6.07, 6.45) is 1.60. The Balaban J connectivity index is 1.37. The molecule has 0 bridgehead atoms. The molecule has 0 atom stereocenters. The van der Waals surface area contributed by atoms with E-state index in [2.05, 4.69) is 0 Å². The Labute approximate surface area is 210 Å². The second-order valence-electron chi connectivity index (χ2n) is 7.40. The Bertz CT molecular complexity index is 1300. The predicted molar refractivity (Wildman–Crippen MR) is 133 cm³/mol. The molecular formula is C25H19ClN2O6S. The van der Waals surface area contributed by atoms with Crippen molar-refractivity contribution < 1.29 is 24.0 Å². The zero-order valence-corrected chi connectivity index (χ0v) is 19.8. The van der Waals surface area contributed by atoms with Gasteiger partial charge in [-0.3, -0.25) is 24.6 Å². The van der Waals surface area contributed by atoms with Gasteiger partial charge in [0.2, 0.25) is 0 Å². The molecule has 2 amide bonds. The third-order valence-corrected chi connectivity index (χ3v) is 6.17. The van der Waals surface area contributed by atoms with Crippen molar-refractivity contribution in [3.8, 4) is 11.5 Å². The van der Waals surface area contributed by atoms with Gasteiger partial charge in [-0.05, 0) is 53.2 Å². The monoisotopic (exact) mass is 510 g/mol. The first kappa shape index (κ1) is 24.3. The summed E-state index contributed by atoms with van der Waals surface area (Å²) in [7, 11) is 0. The van der Waals surface area contributed by atoms with E-state index in [0.717, 1.165) is 16.7 Å². The van der Waals surface area contributed by atoms with Gasteiger partial charge in [-0.25, -0.2) is 0 Å². The number of ether oxygens (including phenoxy) is 2. The molecule has 0 saturated carbocycles. The zero-order valence-electron chi connectivity index (χ0n) is 18.3. The molecule has 3 aromatic rings. The number of thioether (sulfide) groups is 1. The molecule has 0 radical (unpaired) electrons. The van der Waals surface area contributed by atoms with Crippen molar-refractivity contribution in [3.63, 3.8) is 0 Å². The molecule has 0 aliphatic carbocycles. The molecule has 0 aromatic heterocycles. The minimum Gasteiger partial charge on any atom is -0.492 e. The highest BCUT2D eigenvalue weighted by molar-refractivity contribution is 8.18. The number of rotatable bonds is 9. The standard InChI is InChI=1S/C25H19ClN2O6S/c26-21-14-17(9-10-22(21)34-16-18-5-4-6-19(13-18)28(31)32)15-23-24(29)27(25(30)35-23)11-12-33-20-7-2-1-3-8-20/h1-10,13-15H,11-12,16H2/b23-15-. The van der Waals surface area contributed by atoms with Gasteiger partial charge in [0.05, 0.1) is 21.4 Å². The van der Waals surface area contributed by atoms with E-state index < -0.39 is 10.8 Å². The largest absolute Gasteiger partial charge is 0.492 e. The van der Waals surface area contributed by atoms with Crippen LogP contribution in [0.5, 0.6) is 11.5 Å². The minimum atomic E-state index is -0.469. The van der Waals surface area contributed by atoms with Crippen LogP contribution < -0.4 is 9.47 Å². The highest BCUT2D eigenvalue weighted by Crippen LogP contribution is 2.34. The van der Waals surface area contributed by atoms with Crippen molar-refractivity contribution in [2.75, 3.05) is 13.2 Å². The minimum absolute atomic E-state index is 0.0203. The maximum atomic E-state index is 12.7. The second kappa shape index (κ2) is 11.1. The molecular weight excluding hydrogens is 492 g/mol. The van der Waals surface area contributed by atoms with Crippen LogP contribution in [0.25, 0.3) is 6.08 Å². The fraction of sp³-hybridized carbons (Fsp3) is 0.120. The Morgan fingerprint density at radius 2 is 1.80 bits per heavy atom. The van der Waals surface area contributed by atoms with Crippen LogP contribution in [0.1, 0.15) is 11.1 Å². The smallest absolute Gasteiger partial charge is 0.293 e.